The maximum Gasteiger partial charge on any atom is 0.269 e. The molecule has 0 atom stereocenters. The second-order valence-electron chi connectivity index (χ2n) is 8.75. The molecule has 0 bridgehead atoms. The molecule has 0 aliphatic carbocycles. The van der Waals surface area contributed by atoms with Crippen LogP contribution >= 0.6 is 0 Å². The van der Waals surface area contributed by atoms with Gasteiger partial charge in [-0.15, -0.1) is 0 Å². The highest BCUT2D eigenvalue weighted by Crippen LogP contribution is 2.25. The minimum Gasteiger partial charge on any atom is -0.397 e. The lowest BCUT2D eigenvalue weighted by Crippen LogP contribution is -2.24. The van der Waals surface area contributed by atoms with Crippen molar-refractivity contribution in [2.45, 2.75) is 38.5 Å². The third kappa shape index (κ3) is 6.59. The number of nitrogens with two attached hydrogens (primary N) is 1. The Bertz CT molecular complexity index is 1150. The Kier molecular flexibility index (Phi) is 7.97. The van der Waals surface area contributed by atoms with Crippen molar-refractivity contribution in [3.05, 3.63) is 60.0 Å². The minimum absolute atomic E-state index is 0.175. The van der Waals surface area contributed by atoms with Crippen LogP contribution in [0.15, 0.2) is 48.5 Å². The fourth-order valence-electron chi connectivity index (χ4n) is 4.15. The number of hydrogen-bond acceptors (Lipinski definition) is 5. The van der Waals surface area contributed by atoms with E-state index < -0.39 is 5.82 Å². The Labute approximate surface area is 204 Å². The molecule has 0 spiro atoms. The monoisotopic (exact) mass is 478 g/mol. The summed E-state index contributed by atoms with van der Waals surface area (Å²) in [5, 5.41) is 12.7. The van der Waals surface area contributed by atoms with Crippen molar-refractivity contribution in [2.75, 3.05) is 35.6 Å². The van der Waals surface area contributed by atoms with Gasteiger partial charge in [0.05, 0.1) is 17.1 Å². The molecule has 9 heteroatoms. The number of aromatic amines is 1. The second-order valence-corrected chi connectivity index (χ2v) is 8.75. The van der Waals surface area contributed by atoms with Crippen LogP contribution in [0.2, 0.25) is 0 Å². The summed E-state index contributed by atoms with van der Waals surface area (Å²) in [5.41, 5.74) is 9.63. The van der Waals surface area contributed by atoms with Crippen molar-refractivity contribution in [1.82, 2.24) is 15.5 Å². The van der Waals surface area contributed by atoms with Gasteiger partial charge in [0.1, 0.15) is 11.5 Å². The van der Waals surface area contributed by atoms with E-state index in [1.807, 2.05) is 12.1 Å². The lowest BCUT2D eigenvalue weighted by molar-refractivity contribution is -0.116. The van der Waals surface area contributed by atoms with Crippen LogP contribution in [0.5, 0.6) is 0 Å². The molecule has 1 aromatic heterocycles. The summed E-state index contributed by atoms with van der Waals surface area (Å²) in [6.07, 6.45) is 5.00. The van der Waals surface area contributed by atoms with E-state index in [4.69, 9.17) is 5.73 Å². The van der Waals surface area contributed by atoms with Crippen LogP contribution in [-0.2, 0) is 4.79 Å². The molecule has 5 N–H and O–H groups in total. The molecule has 0 saturated carbocycles. The van der Waals surface area contributed by atoms with Crippen LogP contribution in [-0.4, -0.2) is 41.6 Å². The predicted octanol–water partition coefficient (Wildman–Crippen LogP) is 4.33. The lowest BCUT2D eigenvalue weighted by Gasteiger charge is -2.17. The van der Waals surface area contributed by atoms with Gasteiger partial charge in [-0.1, -0.05) is 18.6 Å². The summed E-state index contributed by atoms with van der Waals surface area (Å²) in [7, 11) is 0. The van der Waals surface area contributed by atoms with Crippen LogP contribution in [0.25, 0.3) is 11.3 Å². The van der Waals surface area contributed by atoms with Crippen molar-refractivity contribution in [3.63, 3.8) is 0 Å². The third-order valence-electron chi connectivity index (χ3n) is 6.11. The molecular formula is C26H31FN6O2. The first-order chi connectivity index (χ1) is 17.0. The van der Waals surface area contributed by atoms with Gasteiger partial charge in [-0.3, -0.25) is 14.7 Å². The molecule has 184 valence electrons. The van der Waals surface area contributed by atoms with E-state index in [-0.39, 0.29) is 17.5 Å². The Morgan fingerprint density at radius 1 is 1.03 bits per heavy atom. The van der Waals surface area contributed by atoms with Crippen molar-refractivity contribution in [2.24, 2.45) is 0 Å². The number of nitrogen functional groups attached to an aromatic ring is 1. The molecule has 2 amide bonds. The molecule has 3 aromatic rings. The van der Waals surface area contributed by atoms with E-state index in [1.165, 1.54) is 36.7 Å². The first-order valence-corrected chi connectivity index (χ1v) is 12.0. The van der Waals surface area contributed by atoms with Gasteiger partial charge >= 0.3 is 0 Å². The molecule has 0 unspecified atom stereocenters. The van der Waals surface area contributed by atoms with Crippen molar-refractivity contribution in [1.29, 1.82) is 0 Å². The number of H-pyrrole nitrogens is 1. The molecule has 2 aromatic carbocycles. The highest BCUT2D eigenvalue weighted by molar-refractivity contribution is 5.94. The van der Waals surface area contributed by atoms with Crippen molar-refractivity contribution >= 4 is 28.9 Å². The van der Waals surface area contributed by atoms with Gasteiger partial charge in [-0.25, -0.2) is 4.39 Å². The van der Waals surface area contributed by atoms with E-state index in [2.05, 4.69) is 37.9 Å². The fraction of sp³-hybridized carbons (Fsp3) is 0.346. The Hall–Kier alpha value is -3.88. The smallest absolute Gasteiger partial charge is 0.269 e. The normalized spacial score (nSPS) is 13.1. The Balaban J connectivity index is 1.15. The lowest BCUT2D eigenvalue weighted by atomic mass is 10.1. The number of nitrogens with zero attached hydrogens (tertiary/aromatic N) is 2. The number of carbonyl (C=O) groups is 2. The molecule has 35 heavy (non-hydrogen) atoms. The fourth-order valence-corrected chi connectivity index (χ4v) is 4.15. The zero-order valence-electron chi connectivity index (χ0n) is 19.6. The highest BCUT2D eigenvalue weighted by atomic mass is 19.1. The summed E-state index contributed by atoms with van der Waals surface area (Å²) in [6.45, 7) is 2.71. The van der Waals surface area contributed by atoms with Crippen LogP contribution in [0.3, 0.4) is 0 Å². The molecule has 1 aliphatic rings. The summed E-state index contributed by atoms with van der Waals surface area (Å²) < 4.78 is 13.1. The van der Waals surface area contributed by atoms with E-state index in [1.54, 1.807) is 6.07 Å². The van der Waals surface area contributed by atoms with E-state index in [0.717, 1.165) is 37.2 Å². The summed E-state index contributed by atoms with van der Waals surface area (Å²) in [6, 6.07) is 13.9. The third-order valence-corrected chi connectivity index (χ3v) is 6.11. The maximum absolute atomic E-state index is 13.1. The summed E-state index contributed by atoms with van der Waals surface area (Å²) in [4.78, 5) is 26.8. The number of benzene rings is 2. The molecule has 2 heterocycles. The van der Waals surface area contributed by atoms with Gasteiger partial charge in [0.25, 0.3) is 5.91 Å². The molecular weight excluding hydrogens is 447 g/mol. The predicted molar refractivity (Wildman–Crippen MR) is 136 cm³/mol. The van der Waals surface area contributed by atoms with Crippen LogP contribution < -0.4 is 21.3 Å². The van der Waals surface area contributed by atoms with Gasteiger partial charge in [0, 0.05) is 37.3 Å². The van der Waals surface area contributed by atoms with Gasteiger partial charge < -0.3 is 21.3 Å². The number of halogens is 1. The Morgan fingerprint density at radius 3 is 2.54 bits per heavy atom. The number of carbonyl (C=O) groups excluding carboxylic acids is 2. The number of anilines is 3. The van der Waals surface area contributed by atoms with Gasteiger partial charge in [0.15, 0.2) is 0 Å². The zero-order chi connectivity index (χ0) is 24.6. The van der Waals surface area contributed by atoms with E-state index in [9.17, 15) is 14.0 Å². The van der Waals surface area contributed by atoms with E-state index in [0.29, 0.717) is 30.8 Å². The average molecular weight is 479 g/mol. The molecule has 0 radical (unpaired) electrons. The van der Waals surface area contributed by atoms with Crippen LogP contribution in [0, 0.1) is 5.82 Å². The number of unbranched alkanes of at least 4 members (excludes halogenated alkanes) is 2. The summed E-state index contributed by atoms with van der Waals surface area (Å²) in [5.74, 6) is -0.826. The quantitative estimate of drug-likeness (QED) is 0.256. The van der Waals surface area contributed by atoms with Gasteiger partial charge in [-0.05, 0) is 62.1 Å². The Morgan fingerprint density at radius 2 is 1.80 bits per heavy atom. The largest absolute Gasteiger partial charge is 0.397 e. The SMILES string of the molecule is Nc1cc(F)ccc1NC(=O)CCCCCNC(=O)c1cc(-c2ccc(N3CCCC3)cc2)n[nH]1. The first-order valence-electron chi connectivity index (χ1n) is 12.0. The van der Waals surface area contributed by atoms with Gasteiger partial charge in [-0.2, -0.15) is 5.10 Å². The molecule has 8 nitrogen and oxygen atoms in total. The van der Waals surface area contributed by atoms with Crippen molar-refractivity contribution in [3.8, 4) is 11.3 Å². The number of nitrogens with one attached hydrogen (secondary N) is 3. The summed E-state index contributed by atoms with van der Waals surface area (Å²) >= 11 is 0. The minimum atomic E-state index is -0.444. The molecule has 1 fully saturated rings. The van der Waals surface area contributed by atoms with Crippen molar-refractivity contribution < 1.29 is 14.0 Å². The maximum atomic E-state index is 13.1. The van der Waals surface area contributed by atoms with Gasteiger partial charge in [0.2, 0.25) is 5.91 Å². The number of amides is 2. The molecule has 4 rings (SSSR count). The van der Waals surface area contributed by atoms with E-state index >= 15 is 0 Å². The highest BCUT2D eigenvalue weighted by Gasteiger charge is 2.14. The second kappa shape index (κ2) is 11.5. The number of aromatic nitrogens is 2. The van der Waals surface area contributed by atoms with Crippen LogP contribution in [0.1, 0.15) is 49.0 Å². The molecule has 1 aliphatic heterocycles. The molecule has 1 saturated heterocycles. The average Bonchev–Trinajstić information content (AvgIpc) is 3.56. The number of hydrogen-bond donors (Lipinski definition) is 4. The first kappa shape index (κ1) is 24.3. The number of rotatable bonds is 10. The standard InChI is InChI=1S/C26H31FN6O2/c27-19-9-12-22(21(28)16-19)30-25(34)6-2-1-3-13-29-26(35)24-17-23(31-32-24)18-7-10-20(11-8-18)33-14-4-5-15-33/h7-12,16-17H,1-6,13-15,28H2,(H,29,35)(H,30,34)(H,31,32). The topological polar surface area (TPSA) is 116 Å². The van der Waals surface area contributed by atoms with Crippen LogP contribution in [0.4, 0.5) is 21.5 Å². The zero-order valence-corrected chi connectivity index (χ0v) is 19.6.